The van der Waals surface area contributed by atoms with Crippen molar-refractivity contribution in [2.24, 2.45) is 0 Å². The lowest BCUT2D eigenvalue weighted by Gasteiger charge is -2.24. The number of hydrogen-bond donors (Lipinski definition) is 1. The van der Waals surface area contributed by atoms with E-state index in [9.17, 15) is 8.78 Å². The average Bonchev–Trinajstić information content (AvgIpc) is 2.26. The highest BCUT2D eigenvalue weighted by Gasteiger charge is 2.22. The molecule has 1 heterocycles. The van der Waals surface area contributed by atoms with Gasteiger partial charge in [0.05, 0.1) is 0 Å². The van der Waals surface area contributed by atoms with Crippen LogP contribution in [0.3, 0.4) is 0 Å². The van der Waals surface area contributed by atoms with Crippen LogP contribution in [0.4, 0.5) is 8.78 Å². The van der Waals surface area contributed by atoms with Crippen molar-refractivity contribution in [2.45, 2.75) is 18.8 Å². The first-order valence-corrected chi connectivity index (χ1v) is 5.83. The Hall–Kier alpha value is -0.480. The topological polar surface area (TPSA) is 12.0 Å². The van der Waals surface area contributed by atoms with E-state index in [2.05, 4.69) is 21.2 Å². The highest BCUT2D eigenvalue weighted by atomic mass is 79.9. The molecule has 0 aliphatic carbocycles. The summed E-state index contributed by atoms with van der Waals surface area (Å²) in [4.78, 5) is 0. The maximum Gasteiger partial charge on any atom is 0.163 e. The van der Waals surface area contributed by atoms with Gasteiger partial charge in [0.25, 0.3) is 0 Å². The molecule has 1 aliphatic heterocycles. The molecule has 4 heteroatoms. The number of rotatable bonds is 1. The number of piperidine rings is 1. The second kappa shape index (κ2) is 4.58. The van der Waals surface area contributed by atoms with Crippen LogP contribution in [0.2, 0.25) is 0 Å². The summed E-state index contributed by atoms with van der Waals surface area (Å²) in [5.41, 5.74) is 0.497. The minimum Gasteiger partial charge on any atom is -0.317 e. The summed E-state index contributed by atoms with van der Waals surface area (Å²) < 4.78 is 27.4. The van der Waals surface area contributed by atoms with Crippen LogP contribution >= 0.6 is 15.9 Å². The summed E-state index contributed by atoms with van der Waals surface area (Å²) in [6.07, 6.45) is 1.72. The summed E-state index contributed by atoms with van der Waals surface area (Å²) in [5, 5.41) is 3.21. The van der Waals surface area contributed by atoms with Crippen LogP contribution in [-0.2, 0) is 0 Å². The molecule has 1 saturated heterocycles. The van der Waals surface area contributed by atoms with Crippen LogP contribution in [-0.4, -0.2) is 13.1 Å². The predicted octanol–water partition coefficient (Wildman–Crippen LogP) is 3.19. The second-order valence-corrected chi connectivity index (χ2v) is 4.64. The molecule has 0 aromatic heterocycles. The largest absolute Gasteiger partial charge is 0.317 e. The first-order valence-electron chi connectivity index (χ1n) is 5.04. The quantitative estimate of drug-likeness (QED) is 0.777. The lowest BCUT2D eigenvalue weighted by molar-refractivity contribution is 0.428. The Morgan fingerprint density at radius 2 is 1.87 bits per heavy atom. The Balaban J connectivity index is 2.36. The Morgan fingerprint density at radius 1 is 1.20 bits per heavy atom. The van der Waals surface area contributed by atoms with E-state index in [0.717, 1.165) is 32.0 Å². The number of benzene rings is 1. The second-order valence-electron chi connectivity index (χ2n) is 3.78. The third kappa shape index (κ3) is 2.21. The van der Waals surface area contributed by atoms with Gasteiger partial charge in [0.15, 0.2) is 11.6 Å². The molecule has 1 aliphatic rings. The van der Waals surface area contributed by atoms with Gasteiger partial charge in [0, 0.05) is 10.0 Å². The van der Waals surface area contributed by atoms with Crippen molar-refractivity contribution in [3.8, 4) is 0 Å². The van der Waals surface area contributed by atoms with Crippen molar-refractivity contribution in [3.63, 3.8) is 0 Å². The van der Waals surface area contributed by atoms with Gasteiger partial charge in [-0.3, -0.25) is 0 Å². The zero-order valence-electron chi connectivity index (χ0n) is 8.19. The number of hydrogen-bond acceptors (Lipinski definition) is 1. The van der Waals surface area contributed by atoms with E-state index in [0.29, 0.717) is 10.0 Å². The molecule has 0 saturated carbocycles. The highest BCUT2D eigenvalue weighted by molar-refractivity contribution is 9.10. The third-order valence-electron chi connectivity index (χ3n) is 2.83. The van der Waals surface area contributed by atoms with E-state index in [-0.39, 0.29) is 5.92 Å². The van der Waals surface area contributed by atoms with E-state index in [1.54, 1.807) is 6.07 Å². The van der Waals surface area contributed by atoms with Gasteiger partial charge in [-0.25, -0.2) is 8.78 Å². The molecule has 2 rings (SSSR count). The molecular weight excluding hydrogens is 264 g/mol. The van der Waals surface area contributed by atoms with Crippen molar-refractivity contribution in [3.05, 3.63) is 33.8 Å². The van der Waals surface area contributed by atoms with Crippen molar-refractivity contribution >= 4 is 15.9 Å². The van der Waals surface area contributed by atoms with Gasteiger partial charge in [-0.2, -0.15) is 0 Å². The number of halogens is 3. The monoisotopic (exact) mass is 275 g/mol. The molecule has 1 nitrogen and oxygen atoms in total. The standard InChI is InChI=1S/C11H12BrF2N/c12-8-1-2-9(13)11(14)10(8)7-3-5-15-6-4-7/h1-2,7,15H,3-6H2. The van der Waals surface area contributed by atoms with Crippen molar-refractivity contribution < 1.29 is 8.78 Å². The van der Waals surface area contributed by atoms with Crippen LogP contribution < -0.4 is 5.32 Å². The van der Waals surface area contributed by atoms with Gasteiger partial charge >= 0.3 is 0 Å². The Morgan fingerprint density at radius 3 is 2.53 bits per heavy atom. The lowest BCUT2D eigenvalue weighted by Crippen LogP contribution is -2.27. The minimum absolute atomic E-state index is 0.122. The summed E-state index contributed by atoms with van der Waals surface area (Å²) in [6.45, 7) is 1.74. The fraction of sp³-hybridized carbons (Fsp3) is 0.455. The smallest absolute Gasteiger partial charge is 0.163 e. The van der Waals surface area contributed by atoms with Crippen LogP contribution in [0.5, 0.6) is 0 Å². The summed E-state index contributed by atoms with van der Waals surface area (Å²) >= 11 is 3.29. The van der Waals surface area contributed by atoms with E-state index >= 15 is 0 Å². The highest BCUT2D eigenvalue weighted by Crippen LogP contribution is 2.34. The van der Waals surface area contributed by atoms with Crippen molar-refractivity contribution in [2.75, 3.05) is 13.1 Å². The Labute approximate surface area is 96.0 Å². The summed E-state index contributed by atoms with van der Waals surface area (Å²) in [5.74, 6) is -1.33. The maximum atomic E-state index is 13.6. The fourth-order valence-electron chi connectivity index (χ4n) is 2.03. The van der Waals surface area contributed by atoms with E-state index in [1.807, 2.05) is 0 Å². The average molecular weight is 276 g/mol. The van der Waals surface area contributed by atoms with Crippen LogP contribution in [0.15, 0.2) is 16.6 Å². The third-order valence-corrected chi connectivity index (χ3v) is 3.52. The van der Waals surface area contributed by atoms with Gasteiger partial charge in [-0.05, 0) is 44.0 Å². The predicted molar refractivity (Wildman–Crippen MR) is 58.9 cm³/mol. The van der Waals surface area contributed by atoms with Crippen molar-refractivity contribution in [1.29, 1.82) is 0 Å². The summed E-state index contributed by atoms with van der Waals surface area (Å²) in [6, 6.07) is 2.74. The molecule has 82 valence electrons. The summed E-state index contributed by atoms with van der Waals surface area (Å²) in [7, 11) is 0. The van der Waals surface area contributed by atoms with E-state index in [4.69, 9.17) is 0 Å². The molecule has 1 aromatic carbocycles. The van der Waals surface area contributed by atoms with Gasteiger partial charge < -0.3 is 5.32 Å². The van der Waals surface area contributed by atoms with E-state index < -0.39 is 11.6 Å². The molecule has 0 spiro atoms. The molecule has 0 radical (unpaired) electrons. The van der Waals surface area contributed by atoms with Crippen LogP contribution in [0.1, 0.15) is 24.3 Å². The SMILES string of the molecule is Fc1ccc(Br)c(C2CCNCC2)c1F. The van der Waals surface area contributed by atoms with Gasteiger partial charge in [-0.1, -0.05) is 15.9 Å². The molecule has 1 aromatic rings. The molecule has 1 fully saturated rings. The fourth-order valence-corrected chi connectivity index (χ4v) is 2.66. The van der Waals surface area contributed by atoms with Gasteiger partial charge in [0.1, 0.15) is 0 Å². The first kappa shape index (κ1) is 11.0. The molecular formula is C11H12BrF2N. The first-order chi connectivity index (χ1) is 7.20. The zero-order chi connectivity index (χ0) is 10.8. The Bertz CT molecular complexity index is 362. The van der Waals surface area contributed by atoms with Gasteiger partial charge in [-0.15, -0.1) is 0 Å². The van der Waals surface area contributed by atoms with Crippen LogP contribution in [0, 0.1) is 11.6 Å². The molecule has 15 heavy (non-hydrogen) atoms. The molecule has 0 unspecified atom stereocenters. The Kier molecular flexibility index (Phi) is 3.36. The molecule has 0 atom stereocenters. The van der Waals surface area contributed by atoms with Crippen molar-refractivity contribution in [1.82, 2.24) is 5.32 Å². The minimum atomic E-state index is -0.758. The van der Waals surface area contributed by atoms with Crippen LogP contribution in [0.25, 0.3) is 0 Å². The molecule has 0 amide bonds. The molecule has 1 N–H and O–H groups in total. The zero-order valence-corrected chi connectivity index (χ0v) is 9.78. The molecule has 0 bridgehead atoms. The van der Waals surface area contributed by atoms with E-state index in [1.165, 1.54) is 0 Å². The lowest BCUT2D eigenvalue weighted by atomic mass is 9.90. The normalized spacial score (nSPS) is 18.1. The number of nitrogens with one attached hydrogen (secondary N) is 1. The van der Waals surface area contributed by atoms with Gasteiger partial charge in [0.2, 0.25) is 0 Å². The maximum absolute atomic E-state index is 13.6.